The quantitative estimate of drug-likeness (QED) is 0.888. The van der Waals surface area contributed by atoms with Crippen molar-refractivity contribution >= 4 is 28.8 Å². The van der Waals surface area contributed by atoms with E-state index < -0.39 is 0 Å². The van der Waals surface area contributed by atoms with Crippen LogP contribution < -0.4 is 10.6 Å². The molecule has 1 atom stereocenters. The second kappa shape index (κ2) is 5.38. The summed E-state index contributed by atoms with van der Waals surface area (Å²) in [7, 11) is 0. The van der Waals surface area contributed by atoms with Crippen molar-refractivity contribution in [2.24, 2.45) is 5.41 Å². The van der Waals surface area contributed by atoms with Crippen LogP contribution >= 0.6 is 22.9 Å². The van der Waals surface area contributed by atoms with E-state index in [1.807, 2.05) is 5.38 Å². The summed E-state index contributed by atoms with van der Waals surface area (Å²) < 4.78 is 0. The van der Waals surface area contributed by atoms with Gasteiger partial charge in [0.1, 0.15) is 4.88 Å². The monoisotopic (exact) mass is 272 g/mol. The summed E-state index contributed by atoms with van der Waals surface area (Å²) in [5.41, 5.74) is 0.164. The maximum absolute atomic E-state index is 11.9. The van der Waals surface area contributed by atoms with Gasteiger partial charge in [0.25, 0.3) is 5.91 Å². The topological polar surface area (TPSA) is 41.1 Å². The molecule has 1 aliphatic rings. The highest BCUT2D eigenvalue weighted by Crippen LogP contribution is 2.25. The lowest BCUT2D eigenvalue weighted by molar-refractivity contribution is 0.0929. The van der Waals surface area contributed by atoms with E-state index in [0.29, 0.717) is 16.4 Å². The average Bonchev–Trinajstić information content (AvgIpc) is 2.74. The second-order valence-corrected chi connectivity index (χ2v) is 6.19. The lowest BCUT2D eigenvalue weighted by Gasteiger charge is -2.34. The zero-order valence-corrected chi connectivity index (χ0v) is 11.5. The summed E-state index contributed by atoms with van der Waals surface area (Å²) in [5.74, 6) is -0.0585. The number of carbonyl (C=O) groups excluding carboxylic acids is 1. The molecule has 1 unspecified atom stereocenters. The molecule has 1 aromatic rings. The predicted octanol–water partition coefficient (Wildman–Crippen LogP) is 2.52. The van der Waals surface area contributed by atoms with E-state index in [0.717, 1.165) is 19.5 Å². The third-order valence-electron chi connectivity index (χ3n) is 3.18. The van der Waals surface area contributed by atoms with Gasteiger partial charge in [0.2, 0.25) is 0 Å². The molecule has 0 saturated carbocycles. The van der Waals surface area contributed by atoms with Gasteiger partial charge in [-0.3, -0.25) is 4.79 Å². The van der Waals surface area contributed by atoms with Crippen molar-refractivity contribution in [1.82, 2.24) is 10.6 Å². The molecule has 2 rings (SSSR count). The van der Waals surface area contributed by atoms with Gasteiger partial charge in [-0.05, 0) is 36.2 Å². The molecule has 5 heteroatoms. The van der Waals surface area contributed by atoms with Crippen molar-refractivity contribution in [1.29, 1.82) is 0 Å². The summed E-state index contributed by atoms with van der Waals surface area (Å²) >= 11 is 7.31. The molecule has 1 aliphatic heterocycles. The molecule has 0 bridgehead atoms. The number of carbonyl (C=O) groups is 1. The maximum Gasteiger partial charge on any atom is 0.262 e. The summed E-state index contributed by atoms with van der Waals surface area (Å²) in [4.78, 5) is 12.5. The Labute approximate surface area is 111 Å². The summed E-state index contributed by atoms with van der Waals surface area (Å²) in [6.07, 6.45) is 2.32. The van der Waals surface area contributed by atoms with Crippen molar-refractivity contribution in [3.8, 4) is 0 Å². The molecule has 1 fully saturated rings. The van der Waals surface area contributed by atoms with Crippen molar-refractivity contribution in [3.63, 3.8) is 0 Å². The zero-order valence-electron chi connectivity index (χ0n) is 9.88. The molecule has 94 valence electrons. The van der Waals surface area contributed by atoms with Gasteiger partial charge in [0.15, 0.2) is 0 Å². The van der Waals surface area contributed by atoms with Gasteiger partial charge >= 0.3 is 0 Å². The molecular weight excluding hydrogens is 256 g/mol. The van der Waals surface area contributed by atoms with Crippen molar-refractivity contribution < 1.29 is 4.79 Å². The Balaban J connectivity index is 1.90. The summed E-state index contributed by atoms with van der Waals surface area (Å²) in [6, 6.07) is 1.75. The number of piperidine rings is 1. The number of thiophene rings is 1. The first-order valence-electron chi connectivity index (χ1n) is 5.83. The van der Waals surface area contributed by atoms with Gasteiger partial charge in [0, 0.05) is 13.1 Å². The lowest BCUT2D eigenvalue weighted by atomic mass is 9.83. The minimum absolute atomic E-state index is 0.0585. The molecule has 1 saturated heterocycles. The highest BCUT2D eigenvalue weighted by molar-refractivity contribution is 7.12. The molecule has 0 spiro atoms. The van der Waals surface area contributed by atoms with Gasteiger partial charge in [-0.25, -0.2) is 0 Å². The number of hydrogen-bond acceptors (Lipinski definition) is 3. The number of halogens is 1. The van der Waals surface area contributed by atoms with Crippen LogP contribution in [0.4, 0.5) is 0 Å². The van der Waals surface area contributed by atoms with E-state index in [4.69, 9.17) is 11.6 Å². The van der Waals surface area contributed by atoms with Crippen LogP contribution in [0.2, 0.25) is 5.02 Å². The molecule has 1 aromatic heterocycles. The molecule has 1 amide bonds. The molecule has 0 radical (unpaired) electrons. The molecule has 17 heavy (non-hydrogen) atoms. The Morgan fingerprint density at radius 2 is 2.53 bits per heavy atom. The highest BCUT2D eigenvalue weighted by atomic mass is 35.5. The van der Waals surface area contributed by atoms with Gasteiger partial charge in [-0.2, -0.15) is 0 Å². The lowest BCUT2D eigenvalue weighted by Crippen LogP contribution is -2.45. The first-order valence-corrected chi connectivity index (χ1v) is 7.08. The van der Waals surface area contributed by atoms with Crippen LogP contribution in [0.5, 0.6) is 0 Å². The maximum atomic E-state index is 11.9. The van der Waals surface area contributed by atoms with E-state index in [1.54, 1.807) is 6.07 Å². The van der Waals surface area contributed by atoms with Gasteiger partial charge in [-0.15, -0.1) is 11.3 Å². The fraction of sp³-hybridized carbons (Fsp3) is 0.583. The summed E-state index contributed by atoms with van der Waals surface area (Å²) in [6.45, 7) is 4.95. The second-order valence-electron chi connectivity index (χ2n) is 4.87. The Bertz CT molecular complexity index is 399. The molecule has 0 aliphatic carbocycles. The number of nitrogens with one attached hydrogen (secondary N) is 2. The standard InChI is InChI=1S/C12H17ClN2OS/c1-12(4-2-5-14-7-12)8-15-11(16)10-9(13)3-6-17-10/h3,6,14H,2,4-5,7-8H2,1H3,(H,15,16). The first kappa shape index (κ1) is 12.9. The average molecular weight is 273 g/mol. The van der Waals surface area contributed by atoms with E-state index in [9.17, 15) is 4.79 Å². The Hall–Kier alpha value is -0.580. The molecule has 0 aromatic carbocycles. The Morgan fingerprint density at radius 3 is 3.12 bits per heavy atom. The number of amides is 1. The van der Waals surface area contributed by atoms with Crippen molar-refractivity contribution in [3.05, 3.63) is 21.3 Å². The van der Waals surface area contributed by atoms with Gasteiger partial charge < -0.3 is 10.6 Å². The van der Waals surface area contributed by atoms with Crippen LogP contribution in [0.3, 0.4) is 0 Å². The van der Waals surface area contributed by atoms with Crippen LogP contribution in [0, 0.1) is 5.41 Å². The predicted molar refractivity (Wildman–Crippen MR) is 71.9 cm³/mol. The molecular formula is C12H17ClN2OS. The van der Waals surface area contributed by atoms with Crippen molar-refractivity contribution in [2.45, 2.75) is 19.8 Å². The largest absolute Gasteiger partial charge is 0.351 e. The fourth-order valence-corrected chi connectivity index (χ4v) is 3.16. The highest BCUT2D eigenvalue weighted by Gasteiger charge is 2.27. The third kappa shape index (κ3) is 3.21. The minimum Gasteiger partial charge on any atom is -0.351 e. The Kier molecular flexibility index (Phi) is 4.07. The SMILES string of the molecule is CC1(CNC(=O)c2sccc2Cl)CCCNC1. The van der Waals surface area contributed by atoms with Crippen molar-refractivity contribution in [2.75, 3.05) is 19.6 Å². The summed E-state index contributed by atoms with van der Waals surface area (Å²) in [5, 5.41) is 8.73. The van der Waals surface area contributed by atoms with E-state index >= 15 is 0 Å². The van der Waals surface area contributed by atoms with Gasteiger partial charge in [-0.1, -0.05) is 18.5 Å². The van der Waals surface area contributed by atoms with Crippen LogP contribution in [0.25, 0.3) is 0 Å². The van der Waals surface area contributed by atoms with E-state index in [1.165, 1.54) is 17.8 Å². The number of rotatable bonds is 3. The first-order chi connectivity index (χ1) is 8.11. The Morgan fingerprint density at radius 1 is 1.71 bits per heavy atom. The zero-order chi connectivity index (χ0) is 12.3. The van der Waals surface area contributed by atoms with Gasteiger partial charge in [0.05, 0.1) is 5.02 Å². The van der Waals surface area contributed by atoms with Crippen LogP contribution in [-0.4, -0.2) is 25.5 Å². The molecule has 2 N–H and O–H groups in total. The normalized spacial score (nSPS) is 24.6. The molecule has 2 heterocycles. The fourth-order valence-electron chi connectivity index (χ4n) is 2.10. The van der Waals surface area contributed by atoms with Crippen LogP contribution in [-0.2, 0) is 0 Å². The minimum atomic E-state index is -0.0585. The van der Waals surface area contributed by atoms with E-state index in [2.05, 4.69) is 17.6 Å². The third-order valence-corrected chi connectivity index (χ3v) is 4.52. The number of hydrogen-bond donors (Lipinski definition) is 2. The van der Waals surface area contributed by atoms with E-state index in [-0.39, 0.29) is 11.3 Å². The smallest absolute Gasteiger partial charge is 0.262 e. The van der Waals surface area contributed by atoms with Crippen LogP contribution in [0.1, 0.15) is 29.4 Å². The van der Waals surface area contributed by atoms with Crippen LogP contribution in [0.15, 0.2) is 11.4 Å². The molecule has 3 nitrogen and oxygen atoms in total.